The quantitative estimate of drug-likeness (QED) is 0.582. The molecular weight excluding hydrogens is 264 g/mol. The van der Waals surface area contributed by atoms with Crippen LogP contribution in [-0.2, 0) is 6.54 Å². The molecule has 1 aromatic rings. The van der Waals surface area contributed by atoms with Gasteiger partial charge in [-0.05, 0) is 44.8 Å². The fraction of sp³-hybridized carbons (Fsp3) is 0.571. The van der Waals surface area contributed by atoms with Crippen LogP contribution in [0.25, 0.3) is 0 Å². The van der Waals surface area contributed by atoms with Crippen molar-refractivity contribution in [2.75, 3.05) is 32.9 Å². The maximum absolute atomic E-state index is 6.30. The lowest BCUT2D eigenvalue weighted by molar-refractivity contribution is 0.437. The highest BCUT2D eigenvalue weighted by Crippen LogP contribution is 2.27. The molecule has 0 unspecified atom stereocenters. The molecule has 0 bridgehead atoms. The van der Waals surface area contributed by atoms with Gasteiger partial charge < -0.3 is 10.2 Å². The van der Waals surface area contributed by atoms with Crippen LogP contribution in [0.5, 0.6) is 0 Å². The molecule has 0 aliphatic rings. The van der Waals surface area contributed by atoms with Crippen molar-refractivity contribution in [3.63, 3.8) is 0 Å². The third-order valence-corrected chi connectivity index (χ3v) is 4.03. The Kier molecular flexibility index (Phi) is 7.75. The number of halogens is 1. The van der Waals surface area contributed by atoms with E-state index in [1.807, 2.05) is 11.8 Å². The molecule has 0 atom stereocenters. The number of hydrogen-bond acceptors (Lipinski definition) is 3. The SMILES string of the molecule is CCCNCc1ccc(SCCN(C)C)c(Cl)c1. The largest absolute Gasteiger partial charge is 0.313 e. The van der Waals surface area contributed by atoms with E-state index in [2.05, 4.69) is 49.4 Å². The first-order valence-electron chi connectivity index (χ1n) is 6.40. The summed E-state index contributed by atoms with van der Waals surface area (Å²) in [5.41, 5.74) is 1.26. The van der Waals surface area contributed by atoms with E-state index in [0.717, 1.165) is 36.8 Å². The van der Waals surface area contributed by atoms with Crippen LogP contribution < -0.4 is 5.32 Å². The Morgan fingerprint density at radius 1 is 1.33 bits per heavy atom. The fourth-order valence-corrected chi connectivity index (χ4v) is 2.92. The van der Waals surface area contributed by atoms with Crippen molar-refractivity contribution in [3.8, 4) is 0 Å². The van der Waals surface area contributed by atoms with Crippen LogP contribution in [0.1, 0.15) is 18.9 Å². The maximum Gasteiger partial charge on any atom is 0.0545 e. The Morgan fingerprint density at radius 3 is 2.72 bits per heavy atom. The maximum atomic E-state index is 6.30. The van der Waals surface area contributed by atoms with Crippen molar-refractivity contribution >= 4 is 23.4 Å². The van der Waals surface area contributed by atoms with Crippen LogP contribution in [0.2, 0.25) is 5.02 Å². The first-order chi connectivity index (χ1) is 8.63. The summed E-state index contributed by atoms with van der Waals surface area (Å²) in [6.07, 6.45) is 1.16. The molecule has 0 spiro atoms. The van der Waals surface area contributed by atoms with E-state index in [1.54, 1.807) is 0 Å². The van der Waals surface area contributed by atoms with Gasteiger partial charge in [0.2, 0.25) is 0 Å². The van der Waals surface area contributed by atoms with Gasteiger partial charge in [0.25, 0.3) is 0 Å². The Labute approximate surface area is 120 Å². The molecule has 1 N–H and O–H groups in total. The summed E-state index contributed by atoms with van der Waals surface area (Å²) in [5.74, 6) is 1.07. The lowest BCUT2D eigenvalue weighted by Gasteiger charge is -2.10. The van der Waals surface area contributed by atoms with Gasteiger partial charge in [-0.25, -0.2) is 0 Å². The minimum atomic E-state index is 0.870. The molecule has 0 aromatic heterocycles. The van der Waals surface area contributed by atoms with Gasteiger partial charge in [0.1, 0.15) is 0 Å². The van der Waals surface area contributed by atoms with Crippen molar-refractivity contribution in [3.05, 3.63) is 28.8 Å². The Bertz CT molecular complexity index is 356. The zero-order chi connectivity index (χ0) is 13.4. The Balaban J connectivity index is 2.46. The van der Waals surface area contributed by atoms with Crippen LogP contribution in [-0.4, -0.2) is 37.8 Å². The summed E-state index contributed by atoms with van der Waals surface area (Å²) < 4.78 is 0. The molecule has 18 heavy (non-hydrogen) atoms. The van der Waals surface area contributed by atoms with Gasteiger partial charge >= 0.3 is 0 Å². The lowest BCUT2D eigenvalue weighted by Crippen LogP contribution is -2.15. The molecule has 1 aromatic carbocycles. The highest BCUT2D eigenvalue weighted by Gasteiger charge is 2.03. The third kappa shape index (κ3) is 6.10. The minimum Gasteiger partial charge on any atom is -0.313 e. The number of hydrogen-bond donors (Lipinski definition) is 1. The lowest BCUT2D eigenvalue weighted by atomic mass is 10.2. The second-order valence-corrected chi connectivity index (χ2v) is 6.14. The highest BCUT2D eigenvalue weighted by molar-refractivity contribution is 7.99. The molecule has 1 rings (SSSR count). The summed E-state index contributed by atoms with van der Waals surface area (Å²) in [4.78, 5) is 3.36. The van der Waals surface area contributed by atoms with Crippen molar-refractivity contribution in [2.24, 2.45) is 0 Å². The van der Waals surface area contributed by atoms with Crippen LogP contribution in [0.15, 0.2) is 23.1 Å². The van der Waals surface area contributed by atoms with Gasteiger partial charge in [-0.15, -0.1) is 11.8 Å². The van der Waals surface area contributed by atoms with Crippen molar-refractivity contribution < 1.29 is 0 Å². The molecule has 2 nitrogen and oxygen atoms in total. The molecule has 0 radical (unpaired) electrons. The Morgan fingerprint density at radius 2 is 2.11 bits per heavy atom. The zero-order valence-corrected chi connectivity index (χ0v) is 13.1. The summed E-state index contributed by atoms with van der Waals surface area (Å²) >= 11 is 8.11. The molecule has 0 saturated heterocycles. The fourth-order valence-electron chi connectivity index (χ4n) is 1.52. The molecule has 0 heterocycles. The van der Waals surface area contributed by atoms with Gasteiger partial charge in [-0.3, -0.25) is 0 Å². The Hall–Kier alpha value is -0.220. The van der Waals surface area contributed by atoms with Crippen molar-refractivity contribution in [1.29, 1.82) is 0 Å². The van der Waals surface area contributed by atoms with E-state index >= 15 is 0 Å². The van der Waals surface area contributed by atoms with Gasteiger partial charge in [0.05, 0.1) is 5.02 Å². The van der Waals surface area contributed by atoms with Gasteiger partial charge in [-0.2, -0.15) is 0 Å². The average molecular weight is 287 g/mol. The molecule has 0 fully saturated rings. The summed E-state index contributed by atoms with van der Waals surface area (Å²) in [6.45, 7) is 5.19. The molecule has 102 valence electrons. The van der Waals surface area contributed by atoms with Crippen molar-refractivity contribution in [1.82, 2.24) is 10.2 Å². The normalized spacial score (nSPS) is 11.2. The smallest absolute Gasteiger partial charge is 0.0545 e. The van der Waals surface area contributed by atoms with Crippen molar-refractivity contribution in [2.45, 2.75) is 24.8 Å². The molecule has 0 amide bonds. The molecule has 0 aliphatic carbocycles. The predicted molar refractivity (Wildman–Crippen MR) is 82.7 cm³/mol. The zero-order valence-electron chi connectivity index (χ0n) is 11.5. The topological polar surface area (TPSA) is 15.3 Å². The molecule has 0 saturated carbocycles. The number of nitrogens with one attached hydrogen (secondary N) is 1. The number of thioether (sulfide) groups is 1. The monoisotopic (exact) mass is 286 g/mol. The first kappa shape index (κ1) is 15.8. The van der Waals surface area contributed by atoms with Gasteiger partial charge in [0, 0.05) is 23.7 Å². The number of nitrogens with zero attached hydrogens (tertiary/aromatic N) is 1. The summed E-state index contributed by atoms with van der Waals surface area (Å²) in [7, 11) is 4.18. The van der Waals surface area contributed by atoms with E-state index in [1.165, 1.54) is 10.5 Å². The third-order valence-electron chi connectivity index (χ3n) is 2.55. The molecule has 0 aliphatic heterocycles. The first-order valence-corrected chi connectivity index (χ1v) is 7.76. The van der Waals surface area contributed by atoms with E-state index in [-0.39, 0.29) is 0 Å². The highest BCUT2D eigenvalue weighted by atomic mass is 35.5. The second-order valence-electron chi connectivity index (χ2n) is 4.59. The van der Waals surface area contributed by atoms with E-state index in [4.69, 9.17) is 11.6 Å². The van der Waals surface area contributed by atoms with Gasteiger partial charge in [0.15, 0.2) is 0 Å². The van der Waals surface area contributed by atoms with E-state index < -0.39 is 0 Å². The average Bonchev–Trinajstić information content (AvgIpc) is 2.32. The van der Waals surface area contributed by atoms with E-state index in [9.17, 15) is 0 Å². The van der Waals surface area contributed by atoms with Crippen LogP contribution in [0, 0.1) is 0 Å². The standard InChI is InChI=1S/C14H23ClN2S/c1-4-7-16-11-12-5-6-14(13(15)10-12)18-9-8-17(2)3/h5-6,10,16H,4,7-9,11H2,1-3H3. The van der Waals surface area contributed by atoms with Crippen LogP contribution in [0.4, 0.5) is 0 Å². The molecular formula is C14H23ClN2S. The second kappa shape index (κ2) is 8.81. The number of rotatable bonds is 8. The predicted octanol–water partition coefficient (Wildman–Crippen LogP) is 3.49. The summed E-state index contributed by atoms with van der Waals surface area (Å²) in [5, 5.41) is 4.25. The molecule has 4 heteroatoms. The van der Waals surface area contributed by atoms with Gasteiger partial charge in [-0.1, -0.05) is 24.6 Å². The summed E-state index contributed by atoms with van der Waals surface area (Å²) in [6, 6.07) is 6.36. The number of benzene rings is 1. The van der Waals surface area contributed by atoms with Crippen LogP contribution in [0.3, 0.4) is 0 Å². The minimum absolute atomic E-state index is 0.870. The van der Waals surface area contributed by atoms with Crippen LogP contribution >= 0.6 is 23.4 Å². The van der Waals surface area contributed by atoms with E-state index in [0.29, 0.717) is 0 Å².